The van der Waals surface area contributed by atoms with Gasteiger partial charge in [0.2, 0.25) is 0 Å². The number of hydrogen-bond acceptors (Lipinski definition) is 4. The summed E-state index contributed by atoms with van der Waals surface area (Å²) in [7, 11) is 1.74. The van der Waals surface area contributed by atoms with Gasteiger partial charge < -0.3 is 15.5 Å². The maximum absolute atomic E-state index is 5.27. The van der Waals surface area contributed by atoms with Gasteiger partial charge in [-0.2, -0.15) is 4.98 Å². The fraction of sp³-hybridized carbons (Fsp3) is 0.400. The zero-order chi connectivity index (χ0) is 6.69. The van der Waals surface area contributed by atoms with Gasteiger partial charge >= 0.3 is 0 Å². The van der Waals surface area contributed by atoms with Crippen molar-refractivity contribution in [3.8, 4) is 0 Å². The van der Waals surface area contributed by atoms with Crippen molar-refractivity contribution in [2.45, 2.75) is 6.54 Å². The molecular formula is C5H9N3O. The lowest BCUT2D eigenvalue weighted by Crippen LogP contribution is -1.96. The number of aromatic nitrogens is 1. The van der Waals surface area contributed by atoms with Gasteiger partial charge in [-0.15, -0.1) is 0 Å². The number of hydrogen-bond donors (Lipinski definition) is 2. The average molecular weight is 127 g/mol. The molecule has 0 aliphatic heterocycles. The van der Waals surface area contributed by atoms with E-state index < -0.39 is 0 Å². The standard InChI is InChI=1S/C5H9N3O/c1-7-5-8-4(2-6)3-9-5/h3H,2,6H2,1H3,(H,7,8). The molecule has 0 saturated carbocycles. The number of nitrogens with zero attached hydrogens (tertiary/aromatic N) is 1. The molecule has 0 fully saturated rings. The Balaban J connectivity index is 2.74. The second-order valence-electron chi connectivity index (χ2n) is 1.60. The molecule has 4 nitrogen and oxygen atoms in total. The second kappa shape index (κ2) is 2.50. The van der Waals surface area contributed by atoms with Crippen molar-refractivity contribution >= 4 is 6.01 Å². The lowest BCUT2D eigenvalue weighted by atomic mass is 10.5. The van der Waals surface area contributed by atoms with Crippen LogP contribution in [0.15, 0.2) is 10.7 Å². The fourth-order valence-corrected chi connectivity index (χ4v) is 0.516. The van der Waals surface area contributed by atoms with Gasteiger partial charge in [-0.25, -0.2) is 0 Å². The predicted octanol–water partition coefficient (Wildman–Crippen LogP) is 0.175. The average Bonchev–Trinajstić information content (AvgIpc) is 2.34. The first-order valence-corrected chi connectivity index (χ1v) is 2.69. The Morgan fingerprint density at radius 1 is 1.89 bits per heavy atom. The number of rotatable bonds is 2. The number of nitrogens with two attached hydrogens (primary N) is 1. The summed E-state index contributed by atoms with van der Waals surface area (Å²) >= 11 is 0. The first kappa shape index (κ1) is 6.10. The van der Waals surface area contributed by atoms with Crippen molar-refractivity contribution in [2.24, 2.45) is 5.73 Å². The predicted molar refractivity (Wildman–Crippen MR) is 33.9 cm³/mol. The third-order valence-corrected chi connectivity index (χ3v) is 0.975. The Bertz CT molecular complexity index is 166. The van der Waals surface area contributed by atoms with Crippen LogP contribution in [0.3, 0.4) is 0 Å². The van der Waals surface area contributed by atoms with Crippen LogP contribution in [0, 0.1) is 0 Å². The van der Waals surface area contributed by atoms with Crippen molar-refractivity contribution in [3.63, 3.8) is 0 Å². The van der Waals surface area contributed by atoms with Gasteiger partial charge in [0.25, 0.3) is 6.01 Å². The molecule has 1 aromatic rings. The Hall–Kier alpha value is -1.03. The summed E-state index contributed by atoms with van der Waals surface area (Å²) in [6, 6.07) is 0.510. The van der Waals surface area contributed by atoms with E-state index >= 15 is 0 Å². The van der Waals surface area contributed by atoms with E-state index in [0.29, 0.717) is 12.6 Å². The first-order valence-electron chi connectivity index (χ1n) is 2.69. The molecule has 9 heavy (non-hydrogen) atoms. The number of oxazole rings is 1. The van der Waals surface area contributed by atoms with E-state index in [1.165, 1.54) is 6.26 Å². The van der Waals surface area contributed by atoms with Crippen molar-refractivity contribution in [1.29, 1.82) is 0 Å². The Morgan fingerprint density at radius 3 is 3.00 bits per heavy atom. The molecular weight excluding hydrogens is 118 g/mol. The summed E-state index contributed by atoms with van der Waals surface area (Å²) in [5, 5.41) is 2.75. The summed E-state index contributed by atoms with van der Waals surface area (Å²) in [4.78, 5) is 3.94. The SMILES string of the molecule is CNc1nc(CN)co1. The monoisotopic (exact) mass is 127 g/mol. The van der Waals surface area contributed by atoms with Crippen LogP contribution < -0.4 is 11.1 Å². The maximum atomic E-state index is 5.27. The zero-order valence-corrected chi connectivity index (χ0v) is 5.22. The quantitative estimate of drug-likeness (QED) is 0.594. The van der Waals surface area contributed by atoms with Crippen molar-refractivity contribution < 1.29 is 4.42 Å². The lowest BCUT2D eigenvalue weighted by molar-refractivity contribution is 0.573. The Kier molecular flexibility index (Phi) is 1.69. The third kappa shape index (κ3) is 1.20. The Morgan fingerprint density at radius 2 is 2.67 bits per heavy atom. The highest BCUT2D eigenvalue weighted by Gasteiger charge is 1.96. The van der Waals surface area contributed by atoms with Gasteiger partial charge in [0.05, 0.1) is 5.69 Å². The zero-order valence-electron chi connectivity index (χ0n) is 5.22. The summed E-state index contributed by atoms with van der Waals surface area (Å²) in [6.07, 6.45) is 1.53. The minimum absolute atomic E-state index is 0.422. The molecule has 1 aromatic heterocycles. The summed E-state index contributed by atoms with van der Waals surface area (Å²) in [6.45, 7) is 0.422. The van der Waals surface area contributed by atoms with Gasteiger partial charge in [0, 0.05) is 13.6 Å². The van der Waals surface area contributed by atoms with Gasteiger partial charge in [-0.05, 0) is 0 Å². The first-order chi connectivity index (χ1) is 4.36. The van der Waals surface area contributed by atoms with Crippen LogP contribution in [0.2, 0.25) is 0 Å². The molecule has 3 N–H and O–H groups in total. The van der Waals surface area contributed by atoms with Crippen molar-refractivity contribution in [3.05, 3.63) is 12.0 Å². The highest BCUT2D eigenvalue weighted by atomic mass is 16.4. The van der Waals surface area contributed by atoms with Crippen LogP contribution in [0.25, 0.3) is 0 Å². The molecule has 0 spiro atoms. The van der Waals surface area contributed by atoms with Crippen LogP contribution in [0.5, 0.6) is 0 Å². The van der Waals surface area contributed by atoms with E-state index in [4.69, 9.17) is 10.2 Å². The molecule has 0 atom stereocenters. The minimum atomic E-state index is 0.422. The molecule has 0 unspecified atom stereocenters. The summed E-state index contributed by atoms with van der Waals surface area (Å²) < 4.78 is 4.90. The Labute approximate surface area is 53.1 Å². The van der Waals surface area contributed by atoms with E-state index in [0.717, 1.165) is 5.69 Å². The molecule has 0 aliphatic carbocycles. The third-order valence-electron chi connectivity index (χ3n) is 0.975. The van der Waals surface area contributed by atoms with Crippen molar-refractivity contribution in [2.75, 3.05) is 12.4 Å². The number of nitrogens with one attached hydrogen (secondary N) is 1. The van der Waals surface area contributed by atoms with Crippen LogP contribution >= 0.6 is 0 Å². The molecule has 0 amide bonds. The molecule has 0 saturated heterocycles. The molecule has 50 valence electrons. The topological polar surface area (TPSA) is 64.1 Å². The smallest absolute Gasteiger partial charge is 0.294 e. The van der Waals surface area contributed by atoms with Crippen molar-refractivity contribution in [1.82, 2.24) is 4.98 Å². The highest BCUT2D eigenvalue weighted by molar-refractivity contribution is 5.18. The molecule has 0 aliphatic rings. The normalized spacial score (nSPS) is 9.56. The molecule has 4 heteroatoms. The van der Waals surface area contributed by atoms with Gasteiger partial charge in [-0.1, -0.05) is 0 Å². The van der Waals surface area contributed by atoms with E-state index in [1.807, 2.05) is 0 Å². The van der Waals surface area contributed by atoms with Crippen LogP contribution in [0.1, 0.15) is 5.69 Å². The van der Waals surface area contributed by atoms with Gasteiger partial charge in [0.1, 0.15) is 6.26 Å². The summed E-state index contributed by atoms with van der Waals surface area (Å²) in [5.74, 6) is 0. The van der Waals surface area contributed by atoms with Crippen LogP contribution in [0.4, 0.5) is 6.01 Å². The van der Waals surface area contributed by atoms with Crippen LogP contribution in [-0.2, 0) is 6.54 Å². The van der Waals surface area contributed by atoms with Crippen LogP contribution in [-0.4, -0.2) is 12.0 Å². The van der Waals surface area contributed by atoms with E-state index in [9.17, 15) is 0 Å². The van der Waals surface area contributed by atoms with E-state index in [2.05, 4.69) is 10.3 Å². The number of anilines is 1. The van der Waals surface area contributed by atoms with E-state index in [-0.39, 0.29) is 0 Å². The minimum Gasteiger partial charge on any atom is -0.432 e. The maximum Gasteiger partial charge on any atom is 0.294 e. The molecule has 0 radical (unpaired) electrons. The largest absolute Gasteiger partial charge is 0.432 e. The van der Waals surface area contributed by atoms with E-state index in [1.54, 1.807) is 7.05 Å². The fourth-order valence-electron chi connectivity index (χ4n) is 0.516. The summed E-state index contributed by atoms with van der Waals surface area (Å²) in [5.41, 5.74) is 6.03. The highest BCUT2D eigenvalue weighted by Crippen LogP contribution is 2.04. The molecule has 1 rings (SSSR count). The second-order valence-corrected chi connectivity index (χ2v) is 1.60. The van der Waals surface area contributed by atoms with Gasteiger partial charge in [0.15, 0.2) is 0 Å². The lowest BCUT2D eigenvalue weighted by Gasteiger charge is -1.85. The molecule has 0 bridgehead atoms. The molecule has 1 heterocycles. The molecule has 0 aromatic carbocycles. The van der Waals surface area contributed by atoms with Gasteiger partial charge in [-0.3, -0.25) is 0 Å².